The minimum atomic E-state index is -2.20. The quantitative estimate of drug-likeness (QED) is 0.332. The number of hydrogen-bond acceptors (Lipinski definition) is 4. The molecule has 8 heteroatoms. The van der Waals surface area contributed by atoms with Crippen LogP contribution in [-0.2, 0) is 0 Å². The van der Waals surface area contributed by atoms with Crippen molar-refractivity contribution in [3.05, 3.63) is 62.2 Å². The summed E-state index contributed by atoms with van der Waals surface area (Å²) in [6.07, 6.45) is 1.03. The van der Waals surface area contributed by atoms with Crippen molar-refractivity contribution in [1.29, 1.82) is 0 Å². The maximum atomic E-state index is 11.1. The second-order valence-electron chi connectivity index (χ2n) is 4.57. The van der Waals surface area contributed by atoms with E-state index < -0.39 is 18.7 Å². The molecule has 20 heavy (non-hydrogen) atoms. The minimum absolute atomic E-state index is 0.240. The van der Waals surface area contributed by atoms with Crippen LogP contribution in [0.5, 0.6) is 0 Å². The van der Waals surface area contributed by atoms with Crippen LogP contribution in [0.3, 0.4) is 0 Å². The van der Waals surface area contributed by atoms with Crippen LogP contribution < -0.4 is 0 Å². The van der Waals surface area contributed by atoms with E-state index in [2.05, 4.69) is 31.9 Å². The SMILES string of the molecule is O=[N+]([O-])C1([N+](=O)[O-])CC=C(c2ccccc2)C(Br)(Br)C1. The third-order valence-electron chi connectivity index (χ3n) is 3.30. The molecule has 0 atom stereocenters. The van der Waals surface area contributed by atoms with Crippen molar-refractivity contribution < 1.29 is 9.85 Å². The molecule has 2 rings (SSSR count). The average molecular weight is 406 g/mol. The van der Waals surface area contributed by atoms with E-state index in [4.69, 9.17) is 0 Å². The van der Waals surface area contributed by atoms with E-state index in [9.17, 15) is 20.2 Å². The van der Waals surface area contributed by atoms with E-state index in [-0.39, 0.29) is 12.8 Å². The molecule has 0 unspecified atom stereocenters. The number of nitrogens with zero attached hydrogens (tertiary/aromatic N) is 2. The fourth-order valence-electron chi connectivity index (χ4n) is 2.23. The fourth-order valence-corrected chi connectivity index (χ4v) is 3.91. The monoisotopic (exact) mass is 404 g/mol. The number of hydrogen-bond donors (Lipinski definition) is 0. The maximum absolute atomic E-state index is 11.1. The summed E-state index contributed by atoms with van der Waals surface area (Å²) in [5.74, 6) is 0. The maximum Gasteiger partial charge on any atom is 0.464 e. The number of benzene rings is 1. The lowest BCUT2D eigenvalue weighted by Crippen LogP contribution is -2.51. The lowest BCUT2D eigenvalue weighted by molar-refractivity contribution is -0.797. The summed E-state index contributed by atoms with van der Waals surface area (Å²) in [7, 11) is 0. The number of rotatable bonds is 3. The molecular formula is C12H10Br2N2O4. The Balaban J connectivity index is 2.48. The van der Waals surface area contributed by atoms with Gasteiger partial charge in [0, 0.05) is 0 Å². The summed E-state index contributed by atoms with van der Waals surface area (Å²) >= 11 is 6.69. The van der Waals surface area contributed by atoms with Gasteiger partial charge in [-0.1, -0.05) is 68.3 Å². The third-order valence-corrected chi connectivity index (χ3v) is 4.71. The summed E-state index contributed by atoms with van der Waals surface area (Å²) in [5, 5.41) is 22.3. The van der Waals surface area contributed by atoms with Crippen LogP contribution in [0.1, 0.15) is 18.4 Å². The molecule has 0 amide bonds. The first kappa shape index (κ1) is 15.1. The molecule has 1 aromatic carbocycles. The predicted octanol–water partition coefficient (Wildman–Crippen LogP) is 3.60. The molecule has 0 fully saturated rings. The zero-order valence-electron chi connectivity index (χ0n) is 10.2. The van der Waals surface area contributed by atoms with Crippen molar-refractivity contribution in [2.45, 2.75) is 21.7 Å². The first-order valence-electron chi connectivity index (χ1n) is 5.72. The zero-order valence-corrected chi connectivity index (χ0v) is 13.3. The molecule has 0 spiro atoms. The Hall–Kier alpha value is -1.28. The Morgan fingerprint density at radius 2 is 1.60 bits per heavy atom. The molecule has 1 aliphatic rings. The average Bonchev–Trinajstić information content (AvgIpc) is 2.37. The summed E-state index contributed by atoms with van der Waals surface area (Å²) in [4.78, 5) is 20.6. The normalized spacial score (nSPS) is 20.0. The Bertz CT molecular complexity index is 572. The molecule has 1 aliphatic carbocycles. The van der Waals surface area contributed by atoms with Gasteiger partial charge in [0.15, 0.2) is 0 Å². The van der Waals surface area contributed by atoms with Crippen molar-refractivity contribution in [3.63, 3.8) is 0 Å². The topological polar surface area (TPSA) is 86.3 Å². The van der Waals surface area contributed by atoms with Crippen LogP contribution in [0.2, 0.25) is 0 Å². The molecule has 106 valence electrons. The number of halogens is 2. The fraction of sp³-hybridized carbons (Fsp3) is 0.333. The Morgan fingerprint density at radius 1 is 1.05 bits per heavy atom. The first-order valence-corrected chi connectivity index (χ1v) is 7.31. The van der Waals surface area contributed by atoms with E-state index in [1.807, 2.05) is 30.3 Å². The molecule has 0 aromatic heterocycles. The number of allylic oxidation sites excluding steroid dienone is 1. The van der Waals surface area contributed by atoms with Gasteiger partial charge in [-0.2, -0.15) is 0 Å². The second-order valence-corrected chi connectivity index (χ2v) is 8.34. The van der Waals surface area contributed by atoms with Crippen LogP contribution in [0.15, 0.2) is 36.4 Å². The van der Waals surface area contributed by atoms with Crippen molar-refractivity contribution in [2.24, 2.45) is 0 Å². The standard InChI is InChI=1S/C12H10Br2N2O4/c13-12(14)8-11(15(17)18,16(19)20)7-6-10(12)9-4-2-1-3-5-9/h1-6H,7-8H2. The van der Waals surface area contributed by atoms with Crippen molar-refractivity contribution >= 4 is 37.4 Å². The predicted molar refractivity (Wildman–Crippen MR) is 81.0 cm³/mol. The lowest BCUT2D eigenvalue weighted by atomic mass is 9.86. The first-order chi connectivity index (χ1) is 9.29. The lowest BCUT2D eigenvalue weighted by Gasteiger charge is -2.31. The number of nitro groups is 2. The van der Waals surface area contributed by atoms with E-state index in [0.717, 1.165) is 11.1 Å². The van der Waals surface area contributed by atoms with E-state index in [1.54, 1.807) is 6.08 Å². The third kappa shape index (κ3) is 2.49. The zero-order chi connectivity index (χ0) is 15.0. The highest BCUT2D eigenvalue weighted by Gasteiger charge is 2.62. The number of alkyl halides is 2. The molecule has 6 nitrogen and oxygen atoms in total. The molecule has 0 aliphatic heterocycles. The Kier molecular flexibility index (Phi) is 3.97. The molecule has 0 N–H and O–H groups in total. The van der Waals surface area contributed by atoms with Crippen LogP contribution in [0.25, 0.3) is 5.57 Å². The summed E-state index contributed by atoms with van der Waals surface area (Å²) in [6.45, 7) is 0. The van der Waals surface area contributed by atoms with Crippen LogP contribution in [-0.4, -0.2) is 18.7 Å². The van der Waals surface area contributed by atoms with Gasteiger partial charge >= 0.3 is 5.66 Å². The van der Waals surface area contributed by atoms with E-state index >= 15 is 0 Å². The summed E-state index contributed by atoms with van der Waals surface area (Å²) in [6, 6.07) is 9.25. The highest BCUT2D eigenvalue weighted by molar-refractivity contribution is 9.25. The second kappa shape index (κ2) is 5.25. The molecule has 0 heterocycles. The van der Waals surface area contributed by atoms with Crippen molar-refractivity contribution in [3.8, 4) is 0 Å². The summed E-state index contributed by atoms with van der Waals surface area (Å²) < 4.78 is -1.00. The minimum Gasteiger partial charge on any atom is -0.258 e. The Labute approximate surface area is 131 Å². The summed E-state index contributed by atoms with van der Waals surface area (Å²) in [5.41, 5.74) is -0.579. The van der Waals surface area contributed by atoms with Gasteiger partial charge in [0.1, 0.15) is 16.1 Å². The van der Waals surface area contributed by atoms with Crippen LogP contribution in [0.4, 0.5) is 0 Å². The van der Waals surface area contributed by atoms with E-state index in [0.29, 0.717) is 0 Å². The largest absolute Gasteiger partial charge is 0.464 e. The van der Waals surface area contributed by atoms with Crippen LogP contribution in [0, 0.1) is 20.2 Å². The van der Waals surface area contributed by atoms with Gasteiger partial charge in [-0.15, -0.1) is 0 Å². The molecule has 0 radical (unpaired) electrons. The highest BCUT2D eigenvalue weighted by Crippen LogP contribution is 2.51. The molecule has 0 saturated carbocycles. The molecular weight excluding hydrogens is 396 g/mol. The molecule has 1 aromatic rings. The van der Waals surface area contributed by atoms with Gasteiger partial charge in [0.05, 0.1) is 9.85 Å². The van der Waals surface area contributed by atoms with Crippen LogP contribution >= 0.6 is 31.9 Å². The van der Waals surface area contributed by atoms with E-state index in [1.165, 1.54) is 0 Å². The Morgan fingerprint density at radius 3 is 2.05 bits per heavy atom. The van der Waals surface area contributed by atoms with Gasteiger partial charge in [-0.05, 0) is 11.1 Å². The van der Waals surface area contributed by atoms with Crippen molar-refractivity contribution in [2.75, 3.05) is 0 Å². The molecule has 0 saturated heterocycles. The highest BCUT2D eigenvalue weighted by atomic mass is 79.9. The van der Waals surface area contributed by atoms with Gasteiger partial charge in [0.2, 0.25) is 0 Å². The smallest absolute Gasteiger partial charge is 0.258 e. The van der Waals surface area contributed by atoms with Gasteiger partial charge in [-0.3, -0.25) is 20.2 Å². The van der Waals surface area contributed by atoms with Gasteiger partial charge in [-0.25, -0.2) is 0 Å². The van der Waals surface area contributed by atoms with Gasteiger partial charge in [0.25, 0.3) is 0 Å². The van der Waals surface area contributed by atoms with Crippen molar-refractivity contribution in [1.82, 2.24) is 0 Å². The molecule has 0 bridgehead atoms. The van der Waals surface area contributed by atoms with Gasteiger partial charge < -0.3 is 0 Å².